The molecule has 2 heteroatoms. The molecule has 1 aliphatic carbocycles. The highest BCUT2D eigenvalue weighted by Crippen LogP contribution is 2.34. The van der Waals surface area contributed by atoms with Gasteiger partial charge in [-0.1, -0.05) is 39.2 Å². The van der Waals surface area contributed by atoms with E-state index in [1.165, 1.54) is 49.1 Å². The van der Waals surface area contributed by atoms with Gasteiger partial charge in [0.1, 0.15) is 0 Å². The van der Waals surface area contributed by atoms with Gasteiger partial charge < -0.3 is 4.90 Å². The van der Waals surface area contributed by atoms with Gasteiger partial charge in [0.25, 0.3) is 0 Å². The average molecular weight is 274 g/mol. The summed E-state index contributed by atoms with van der Waals surface area (Å²) >= 11 is 0. The molecule has 1 aromatic rings. The highest BCUT2D eigenvalue weighted by atomic mass is 15.0. The quantitative estimate of drug-likeness (QED) is 0.793. The Hall–Kier alpha value is -0.890. The molecule has 0 amide bonds. The molecular weight excluding hydrogens is 244 g/mol. The van der Waals surface area contributed by atoms with Gasteiger partial charge in [-0.05, 0) is 50.4 Å². The third kappa shape index (κ3) is 4.05. The first kappa shape index (κ1) is 15.5. The standard InChI is InChI=1S/C18H30N2/c1-14(2)17-11-10-16(15-8-6-5-7-9-15)18(19-17)12-13-20(3)4/h10-11,14-15H,5-9,12-13H2,1-4H3. The molecule has 2 rings (SSSR count). The van der Waals surface area contributed by atoms with Crippen LogP contribution >= 0.6 is 0 Å². The summed E-state index contributed by atoms with van der Waals surface area (Å²) in [5, 5.41) is 0. The number of pyridine rings is 1. The second-order valence-corrected chi connectivity index (χ2v) is 6.81. The molecule has 0 radical (unpaired) electrons. The Balaban J connectivity index is 2.23. The molecule has 0 aliphatic heterocycles. The Kier molecular flexibility index (Phi) is 5.59. The van der Waals surface area contributed by atoms with Crippen molar-refractivity contribution >= 4 is 0 Å². The maximum atomic E-state index is 4.99. The third-order valence-corrected chi connectivity index (χ3v) is 4.46. The van der Waals surface area contributed by atoms with Gasteiger partial charge >= 0.3 is 0 Å². The van der Waals surface area contributed by atoms with Crippen molar-refractivity contribution in [1.29, 1.82) is 0 Å². The van der Waals surface area contributed by atoms with Crippen LogP contribution in [-0.2, 0) is 6.42 Å². The molecule has 0 unspecified atom stereocenters. The van der Waals surface area contributed by atoms with Gasteiger partial charge in [-0.25, -0.2) is 0 Å². The fourth-order valence-corrected chi connectivity index (χ4v) is 3.17. The van der Waals surface area contributed by atoms with E-state index in [-0.39, 0.29) is 0 Å². The van der Waals surface area contributed by atoms with Crippen LogP contribution in [0.2, 0.25) is 0 Å². The number of hydrogen-bond donors (Lipinski definition) is 0. The summed E-state index contributed by atoms with van der Waals surface area (Å²) in [6, 6.07) is 4.64. The van der Waals surface area contributed by atoms with Crippen LogP contribution in [0.5, 0.6) is 0 Å². The lowest BCUT2D eigenvalue weighted by molar-refractivity contribution is 0.405. The van der Waals surface area contributed by atoms with E-state index in [2.05, 4.69) is 45.0 Å². The Labute approximate surface area is 124 Å². The topological polar surface area (TPSA) is 16.1 Å². The van der Waals surface area contributed by atoms with Crippen LogP contribution in [0.25, 0.3) is 0 Å². The van der Waals surface area contributed by atoms with E-state index in [4.69, 9.17) is 4.98 Å². The molecule has 1 aromatic heterocycles. The van der Waals surface area contributed by atoms with Crippen molar-refractivity contribution < 1.29 is 0 Å². The first-order valence-corrected chi connectivity index (χ1v) is 8.22. The van der Waals surface area contributed by atoms with Gasteiger partial charge in [0, 0.05) is 24.4 Å². The zero-order chi connectivity index (χ0) is 14.5. The van der Waals surface area contributed by atoms with Gasteiger partial charge in [0.15, 0.2) is 0 Å². The van der Waals surface area contributed by atoms with E-state index < -0.39 is 0 Å². The van der Waals surface area contributed by atoms with Crippen molar-refractivity contribution in [2.24, 2.45) is 0 Å². The van der Waals surface area contributed by atoms with Crippen molar-refractivity contribution in [2.45, 2.75) is 64.2 Å². The van der Waals surface area contributed by atoms with Crippen LogP contribution < -0.4 is 0 Å². The van der Waals surface area contributed by atoms with Crippen LogP contribution in [0.3, 0.4) is 0 Å². The second kappa shape index (κ2) is 7.21. The maximum Gasteiger partial charge on any atom is 0.0454 e. The SMILES string of the molecule is CC(C)c1ccc(C2CCCCC2)c(CCN(C)C)n1. The van der Waals surface area contributed by atoms with Gasteiger partial charge in [0.2, 0.25) is 0 Å². The van der Waals surface area contributed by atoms with Crippen LogP contribution in [0, 0.1) is 0 Å². The van der Waals surface area contributed by atoms with Crippen molar-refractivity contribution in [3.8, 4) is 0 Å². The largest absolute Gasteiger partial charge is 0.309 e. The molecule has 1 saturated carbocycles. The van der Waals surface area contributed by atoms with Crippen molar-refractivity contribution in [1.82, 2.24) is 9.88 Å². The molecule has 1 aliphatic rings. The zero-order valence-corrected chi connectivity index (χ0v) is 13.7. The van der Waals surface area contributed by atoms with Crippen LogP contribution in [0.1, 0.15) is 74.7 Å². The molecule has 0 bridgehead atoms. The summed E-state index contributed by atoms with van der Waals surface area (Å²) in [5.41, 5.74) is 4.14. The van der Waals surface area contributed by atoms with E-state index in [1.807, 2.05) is 0 Å². The second-order valence-electron chi connectivity index (χ2n) is 6.81. The Morgan fingerprint density at radius 3 is 2.45 bits per heavy atom. The molecule has 0 aromatic carbocycles. The van der Waals surface area contributed by atoms with Crippen LogP contribution in [0.15, 0.2) is 12.1 Å². The lowest BCUT2D eigenvalue weighted by Gasteiger charge is -2.25. The minimum absolute atomic E-state index is 0.522. The summed E-state index contributed by atoms with van der Waals surface area (Å²) in [6.07, 6.45) is 8.00. The summed E-state index contributed by atoms with van der Waals surface area (Å²) < 4.78 is 0. The summed E-state index contributed by atoms with van der Waals surface area (Å²) in [5.74, 6) is 1.28. The van der Waals surface area contributed by atoms with Crippen LogP contribution in [-0.4, -0.2) is 30.5 Å². The van der Waals surface area contributed by atoms with Crippen LogP contribution in [0.4, 0.5) is 0 Å². The van der Waals surface area contributed by atoms with Gasteiger partial charge in [0.05, 0.1) is 0 Å². The van der Waals surface area contributed by atoms with E-state index in [9.17, 15) is 0 Å². The van der Waals surface area contributed by atoms with E-state index >= 15 is 0 Å². The number of rotatable bonds is 5. The molecule has 112 valence electrons. The molecule has 20 heavy (non-hydrogen) atoms. The van der Waals surface area contributed by atoms with Crippen molar-refractivity contribution in [2.75, 3.05) is 20.6 Å². The number of likely N-dealkylation sites (N-methyl/N-ethyl adjacent to an activating group) is 1. The average Bonchev–Trinajstić information content (AvgIpc) is 2.45. The summed E-state index contributed by atoms with van der Waals surface area (Å²) in [7, 11) is 4.29. The molecule has 0 saturated heterocycles. The highest BCUT2D eigenvalue weighted by Gasteiger charge is 2.20. The number of nitrogens with zero attached hydrogens (tertiary/aromatic N) is 2. The van der Waals surface area contributed by atoms with E-state index in [1.54, 1.807) is 0 Å². The molecule has 1 heterocycles. The lowest BCUT2D eigenvalue weighted by atomic mass is 9.82. The molecular formula is C18H30N2. The number of hydrogen-bond acceptors (Lipinski definition) is 2. The normalized spacial score (nSPS) is 17.1. The lowest BCUT2D eigenvalue weighted by Crippen LogP contribution is -2.18. The first-order valence-electron chi connectivity index (χ1n) is 8.22. The molecule has 0 spiro atoms. The smallest absolute Gasteiger partial charge is 0.0454 e. The monoisotopic (exact) mass is 274 g/mol. The minimum Gasteiger partial charge on any atom is -0.309 e. The minimum atomic E-state index is 0.522. The van der Waals surface area contributed by atoms with E-state index in [0.29, 0.717) is 5.92 Å². The van der Waals surface area contributed by atoms with Crippen molar-refractivity contribution in [3.05, 3.63) is 29.1 Å². The van der Waals surface area contributed by atoms with Gasteiger partial charge in [-0.3, -0.25) is 4.98 Å². The molecule has 1 fully saturated rings. The predicted octanol–water partition coefficient (Wildman–Crippen LogP) is 4.36. The highest BCUT2D eigenvalue weighted by molar-refractivity contribution is 5.28. The summed E-state index contributed by atoms with van der Waals surface area (Å²) in [6.45, 7) is 5.56. The first-order chi connectivity index (χ1) is 9.58. The fraction of sp³-hybridized carbons (Fsp3) is 0.722. The Morgan fingerprint density at radius 1 is 1.15 bits per heavy atom. The van der Waals surface area contributed by atoms with E-state index in [0.717, 1.165) is 18.9 Å². The number of aromatic nitrogens is 1. The molecule has 0 atom stereocenters. The molecule has 0 N–H and O–H groups in total. The maximum absolute atomic E-state index is 4.99. The van der Waals surface area contributed by atoms with Gasteiger partial charge in [-0.15, -0.1) is 0 Å². The zero-order valence-electron chi connectivity index (χ0n) is 13.7. The fourth-order valence-electron chi connectivity index (χ4n) is 3.17. The summed E-state index contributed by atoms with van der Waals surface area (Å²) in [4.78, 5) is 7.25. The van der Waals surface area contributed by atoms with Crippen molar-refractivity contribution in [3.63, 3.8) is 0 Å². The Bertz CT molecular complexity index is 417. The molecule has 2 nitrogen and oxygen atoms in total. The van der Waals surface area contributed by atoms with Gasteiger partial charge in [-0.2, -0.15) is 0 Å². The Morgan fingerprint density at radius 2 is 1.85 bits per heavy atom. The third-order valence-electron chi connectivity index (χ3n) is 4.46. The predicted molar refractivity (Wildman–Crippen MR) is 86.4 cm³/mol.